The van der Waals surface area contributed by atoms with Gasteiger partial charge in [0.1, 0.15) is 12.6 Å². The fourth-order valence-electron chi connectivity index (χ4n) is 2.49. The van der Waals surface area contributed by atoms with Gasteiger partial charge in [-0.25, -0.2) is 4.79 Å². The van der Waals surface area contributed by atoms with Crippen LogP contribution in [0.1, 0.15) is 50.8 Å². The van der Waals surface area contributed by atoms with Crippen LogP contribution < -0.4 is 5.32 Å². The van der Waals surface area contributed by atoms with E-state index in [1.54, 1.807) is 20.1 Å². The van der Waals surface area contributed by atoms with Crippen molar-refractivity contribution in [1.29, 1.82) is 0 Å². The van der Waals surface area contributed by atoms with Crippen LogP contribution >= 0.6 is 0 Å². The van der Waals surface area contributed by atoms with E-state index in [2.05, 4.69) is 4.98 Å². The van der Waals surface area contributed by atoms with Gasteiger partial charge in [0.25, 0.3) is 0 Å². The van der Waals surface area contributed by atoms with Gasteiger partial charge in [0.15, 0.2) is 5.76 Å². The molecule has 0 aliphatic carbocycles. The van der Waals surface area contributed by atoms with Crippen LogP contribution in [-0.2, 0) is 4.74 Å². The summed E-state index contributed by atoms with van der Waals surface area (Å²) in [5, 5.41) is 1.90. The van der Waals surface area contributed by atoms with Crippen LogP contribution in [0.5, 0.6) is 0 Å². The van der Waals surface area contributed by atoms with Gasteiger partial charge in [0.2, 0.25) is 5.78 Å². The Labute approximate surface area is 128 Å². The number of hydrogen-bond donors (Lipinski definition) is 2. The first-order valence-corrected chi connectivity index (χ1v) is 7.13. The molecular weight excluding hydrogens is 284 g/mol. The van der Waals surface area contributed by atoms with E-state index in [1.165, 1.54) is 7.11 Å². The SMILES string of the molecule is COC(=O)c1c(C)[nH]c(C(=O)C[NH2+][C@@H](C)c2ccco2)c1C. The van der Waals surface area contributed by atoms with Crippen molar-refractivity contribution in [2.75, 3.05) is 13.7 Å². The molecule has 0 amide bonds. The van der Waals surface area contributed by atoms with Gasteiger partial charge in [0.05, 0.1) is 24.6 Å². The third-order valence-electron chi connectivity index (χ3n) is 3.75. The van der Waals surface area contributed by atoms with E-state index in [-0.39, 0.29) is 18.4 Å². The number of aromatic amines is 1. The standard InChI is InChI=1S/C16H20N2O4/c1-9-14(16(20)21-4)11(3)18-15(9)12(19)8-17-10(2)13-6-5-7-22-13/h5-7,10,17-18H,8H2,1-4H3/p+1/t10-/m0/s1. The molecule has 0 fully saturated rings. The van der Waals surface area contributed by atoms with Crippen LogP contribution in [0.4, 0.5) is 0 Å². The van der Waals surface area contributed by atoms with Gasteiger partial charge in [-0.15, -0.1) is 0 Å². The Kier molecular flexibility index (Phi) is 4.82. The van der Waals surface area contributed by atoms with Crippen LogP contribution in [0, 0.1) is 13.8 Å². The maximum atomic E-state index is 12.4. The van der Waals surface area contributed by atoms with E-state index >= 15 is 0 Å². The molecule has 0 radical (unpaired) electrons. The fourth-order valence-corrected chi connectivity index (χ4v) is 2.49. The topological polar surface area (TPSA) is 88.9 Å². The van der Waals surface area contributed by atoms with E-state index in [9.17, 15) is 9.59 Å². The first-order valence-electron chi connectivity index (χ1n) is 7.13. The summed E-state index contributed by atoms with van der Waals surface area (Å²) in [5.41, 5.74) is 2.17. The van der Waals surface area contributed by atoms with Crippen molar-refractivity contribution in [1.82, 2.24) is 4.98 Å². The molecular formula is C16H21N2O4+. The fraction of sp³-hybridized carbons (Fsp3) is 0.375. The summed E-state index contributed by atoms with van der Waals surface area (Å²) in [6.07, 6.45) is 1.61. The number of aryl methyl sites for hydroxylation is 1. The molecule has 2 aromatic rings. The predicted octanol–water partition coefficient (Wildman–Crippen LogP) is 1.52. The van der Waals surface area contributed by atoms with Crippen molar-refractivity contribution >= 4 is 11.8 Å². The third-order valence-corrected chi connectivity index (χ3v) is 3.75. The summed E-state index contributed by atoms with van der Waals surface area (Å²) in [6, 6.07) is 3.75. The van der Waals surface area contributed by atoms with Gasteiger partial charge in [-0.2, -0.15) is 0 Å². The van der Waals surface area contributed by atoms with Crippen LogP contribution in [0.2, 0.25) is 0 Å². The molecule has 0 saturated heterocycles. The number of ketones is 1. The van der Waals surface area contributed by atoms with Gasteiger partial charge < -0.3 is 19.5 Å². The van der Waals surface area contributed by atoms with Gasteiger partial charge in [-0.1, -0.05) is 0 Å². The highest BCUT2D eigenvalue weighted by Crippen LogP contribution is 2.19. The van der Waals surface area contributed by atoms with Gasteiger partial charge in [0, 0.05) is 5.69 Å². The number of furan rings is 1. The Hall–Kier alpha value is -2.34. The lowest BCUT2D eigenvalue weighted by Gasteiger charge is -2.07. The lowest BCUT2D eigenvalue weighted by atomic mass is 10.1. The van der Waals surface area contributed by atoms with Crippen LogP contribution in [0.3, 0.4) is 0 Å². The summed E-state index contributed by atoms with van der Waals surface area (Å²) in [5.74, 6) is 0.329. The van der Waals surface area contributed by atoms with Crippen molar-refractivity contribution in [3.05, 3.63) is 46.7 Å². The number of carbonyl (C=O) groups is 2. The number of nitrogens with one attached hydrogen (secondary N) is 1. The molecule has 118 valence electrons. The Bertz CT molecular complexity index is 671. The van der Waals surface area contributed by atoms with E-state index in [4.69, 9.17) is 9.15 Å². The Morgan fingerprint density at radius 1 is 1.41 bits per heavy atom. The van der Waals surface area contributed by atoms with Gasteiger partial charge in [-0.05, 0) is 38.5 Å². The number of aromatic nitrogens is 1. The van der Waals surface area contributed by atoms with E-state index in [0.29, 0.717) is 22.5 Å². The molecule has 2 rings (SSSR count). The van der Waals surface area contributed by atoms with Crippen molar-refractivity contribution in [2.45, 2.75) is 26.8 Å². The van der Waals surface area contributed by atoms with Gasteiger partial charge in [-0.3, -0.25) is 4.79 Å². The smallest absolute Gasteiger partial charge is 0.339 e. The lowest BCUT2D eigenvalue weighted by Crippen LogP contribution is -2.86. The molecule has 0 saturated carbocycles. The van der Waals surface area contributed by atoms with Crippen molar-refractivity contribution in [3.8, 4) is 0 Å². The number of H-pyrrole nitrogens is 1. The van der Waals surface area contributed by atoms with Crippen LogP contribution in [-0.4, -0.2) is 30.4 Å². The zero-order valence-corrected chi connectivity index (χ0v) is 13.2. The third kappa shape index (κ3) is 3.12. The van der Waals surface area contributed by atoms with Crippen molar-refractivity contribution in [2.24, 2.45) is 0 Å². The average molecular weight is 305 g/mol. The van der Waals surface area contributed by atoms with Gasteiger partial charge >= 0.3 is 5.97 Å². The second-order valence-electron chi connectivity index (χ2n) is 5.28. The summed E-state index contributed by atoms with van der Waals surface area (Å²) >= 11 is 0. The van der Waals surface area contributed by atoms with Crippen molar-refractivity contribution in [3.63, 3.8) is 0 Å². The minimum atomic E-state index is -0.432. The zero-order chi connectivity index (χ0) is 16.3. The molecule has 2 heterocycles. The average Bonchev–Trinajstić information content (AvgIpc) is 3.12. The number of hydrogen-bond acceptors (Lipinski definition) is 4. The molecule has 0 bridgehead atoms. The molecule has 0 spiro atoms. The van der Waals surface area contributed by atoms with E-state index in [1.807, 2.05) is 24.4 Å². The molecule has 3 N–H and O–H groups in total. The molecule has 0 aromatic carbocycles. The first-order chi connectivity index (χ1) is 10.5. The van der Waals surface area contributed by atoms with Crippen molar-refractivity contribution < 1.29 is 24.1 Å². The number of esters is 1. The second kappa shape index (κ2) is 6.62. The van der Waals surface area contributed by atoms with Crippen LogP contribution in [0.25, 0.3) is 0 Å². The maximum Gasteiger partial charge on any atom is 0.339 e. The molecule has 1 atom stereocenters. The molecule has 22 heavy (non-hydrogen) atoms. The molecule has 0 unspecified atom stereocenters. The summed E-state index contributed by atoms with van der Waals surface area (Å²) in [6.45, 7) is 5.74. The number of methoxy groups -OCH3 is 1. The quantitative estimate of drug-likeness (QED) is 0.625. The highest BCUT2D eigenvalue weighted by atomic mass is 16.5. The highest BCUT2D eigenvalue weighted by Gasteiger charge is 2.24. The minimum Gasteiger partial charge on any atom is -0.465 e. The Morgan fingerprint density at radius 2 is 2.14 bits per heavy atom. The van der Waals surface area contributed by atoms with E-state index < -0.39 is 5.97 Å². The largest absolute Gasteiger partial charge is 0.465 e. The number of quaternary nitrogens is 1. The van der Waals surface area contributed by atoms with Crippen LogP contribution in [0.15, 0.2) is 22.8 Å². The van der Waals surface area contributed by atoms with E-state index in [0.717, 1.165) is 5.76 Å². The first kappa shape index (κ1) is 16.0. The number of carbonyl (C=O) groups excluding carboxylic acids is 2. The Balaban J connectivity index is 2.09. The summed E-state index contributed by atoms with van der Waals surface area (Å²) in [4.78, 5) is 27.1. The minimum absolute atomic E-state index is 0.0513. The zero-order valence-electron chi connectivity index (χ0n) is 13.2. The highest BCUT2D eigenvalue weighted by molar-refractivity contribution is 6.01. The second-order valence-corrected chi connectivity index (χ2v) is 5.28. The number of rotatable bonds is 6. The normalized spacial score (nSPS) is 12.2. The molecule has 0 aliphatic heterocycles. The monoisotopic (exact) mass is 305 g/mol. The number of ether oxygens (including phenoxy) is 1. The summed E-state index contributed by atoms with van der Waals surface area (Å²) < 4.78 is 10.1. The lowest BCUT2D eigenvalue weighted by molar-refractivity contribution is -0.683. The predicted molar refractivity (Wildman–Crippen MR) is 79.9 cm³/mol. The molecule has 6 heteroatoms. The maximum absolute atomic E-state index is 12.4. The molecule has 2 aromatic heterocycles. The molecule has 0 aliphatic rings. The number of Topliss-reactive ketones (excluding diaryl/α,β-unsaturated/α-hetero) is 1. The number of nitrogens with two attached hydrogens (primary N) is 1. The molecule has 6 nitrogen and oxygen atoms in total. The Morgan fingerprint density at radius 3 is 2.73 bits per heavy atom. The summed E-state index contributed by atoms with van der Waals surface area (Å²) in [7, 11) is 1.33.